The Bertz CT molecular complexity index is 850. The van der Waals surface area contributed by atoms with Crippen LogP contribution in [0.1, 0.15) is 5.56 Å². The third kappa shape index (κ3) is 3.45. The average molecular weight is 338 g/mol. The predicted molar refractivity (Wildman–Crippen MR) is 94.5 cm³/mol. The molecule has 0 radical (unpaired) electrons. The lowest BCUT2D eigenvalue weighted by Crippen LogP contribution is -1.99. The van der Waals surface area contributed by atoms with Crippen LogP contribution < -0.4 is 14.2 Å². The van der Waals surface area contributed by atoms with Gasteiger partial charge < -0.3 is 14.2 Å². The summed E-state index contributed by atoms with van der Waals surface area (Å²) in [6, 6.07) is 13.3. The van der Waals surface area contributed by atoms with Gasteiger partial charge in [0.15, 0.2) is 5.82 Å². The Morgan fingerprint density at radius 3 is 2.24 bits per heavy atom. The van der Waals surface area contributed by atoms with Crippen molar-refractivity contribution in [2.75, 3.05) is 21.3 Å². The number of methoxy groups -OCH3 is 3. The van der Waals surface area contributed by atoms with E-state index < -0.39 is 0 Å². The van der Waals surface area contributed by atoms with E-state index in [0.29, 0.717) is 28.6 Å². The zero-order valence-electron chi connectivity index (χ0n) is 14.2. The zero-order valence-corrected chi connectivity index (χ0v) is 14.2. The van der Waals surface area contributed by atoms with Gasteiger partial charge in [0.2, 0.25) is 0 Å². The molecule has 0 spiro atoms. The molecule has 1 heterocycles. The minimum atomic E-state index is 0.592. The second kappa shape index (κ2) is 7.48. The van der Waals surface area contributed by atoms with Gasteiger partial charge in [-0.25, -0.2) is 0 Å². The molecule has 0 amide bonds. The molecule has 0 bridgehead atoms. The summed E-state index contributed by atoms with van der Waals surface area (Å²) in [6.45, 7) is 0. The summed E-state index contributed by atoms with van der Waals surface area (Å²) in [7, 11) is 4.75. The highest BCUT2D eigenvalue weighted by atomic mass is 16.5. The van der Waals surface area contributed by atoms with Crippen LogP contribution in [0.5, 0.6) is 17.2 Å². The van der Waals surface area contributed by atoms with Crippen molar-refractivity contribution in [3.05, 3.63) is 54.4 Å². The van der Waals surface area contributed by atoms with E-state index in [1.165, 1.54) is 0 Å². The second-order valence-corrected chi connectivity index (χ2v) is 5.06. The zero-order chi connectivity index (χ0) is 17.6. The van der Waals surface area contributed by atoms with Crippen LogP contribution in [0.15, 0.2) is 53.9 Å². The number of nitrogens with zero attached hydrogens (tertiary/aromatic N) is 4. The summed E-state index contributed by atoms with van der Waals surface area (Å²) < 4.78 is 17.7. The lowest BCUT2D eigenvalue weighted by molar-refractivity contribution is 0.374. The Morgan fingerprint density at radius 2 is 1.64 bits per heavy atom. The van der Waals surface area contributed by atoms with Gasteiger partial charge in [-0.1, -0.05) is 30.3 Å². The van der Waals surface area contributed by atoms with E-state index in [-0.39, 0.29) is 0 Å². The topological polar surface area (TPSA) is 70.8 Å². The van der Waals surface area contributed by atoms with Crippen LogP contribution in [0.3, 0.4) is 0 Å². The van der Waals surface area contributed by atoms with Crippen molar-refractivity contribution in [3.63, 3.8) is 0 Å². The van der Waals surface area contributed by atoms with Crippen molar-refractivity contribution < 1.29 is 14.2 Å². The maximum atomic E-state index is 5.42. The van der Waals surface area contributed by atoms with E-state index >= 15 is 0 Å². The summed E-state index contributed by atoms with van der Waals surface area (Å²) in [4.78, 5) is 0. The molecule has 0 saturated heterocycles. The Labute approximate surface area is 145 Å². The highest BCUT2D eigenvalue weighted by Crippen LogP contribution is 2.32. The molecule has 2 aromatic carbocycles. The lowest BCUT2D eigenvalue weighted by Gasteiger charge is -2.12. The largest absolute Gasteiger partial charge is 0.496 e. The Kier molecular flexibility index (Phi) is 4.94. The molecule has 0 fully saturated rings. The second-order valence-electron chi connectivity index (χ2n) is 5.06. The molecule has 0 saturated carbocycles. The van der Waals surface area contributed by atoms with Crippen LogP contribution in [0.25, 0.3) is 11.4 Å². The minimum absolute atomic E-state index is 0.592. The molecule has 0 aliphatic heterocycles. The molecule has 7 heteroatoms. The molecule has 0 aliphatic carbocycles. The Balaban J connectivity index is 2.00. The van der Waals surface area contributed by atoms with Crippen molar-refractivity contribution in [3.8, 4) is 28.6 Å². The molecule has 0 aliphatic rings. The SMILES string of the molecule is COc1cc(OC)c(/C=N\n2cnnc2-c2ccccc2)c(OC)c1. The fraction of sp³-hybridized carbons (Fsp3) is 0.167. The van der Waals surface area contributed by atoms with E-state index in [1.807, 2.05) is 30.3 Å². The van der Waals surface area contributed by atoms with Gasteiger partial charge in [0.05, 0.1) is 33.1 Å². The molecule has 0 unspecified atom stereocenters. The van der Waals surface area contributed by atoms with Crippen molar-refractivity contribution in [2.45, 2.75) is 0 Å². The molecule has 25 heavy (non-hydrogen) atoms. The number of benzene rings is 2. The van der Waals surface area contributed by atoms with Gasteiger partial charge in [-0.05, 0) is 0 Å². The van der Waals surface area contributed by atoms with E-state index in [9.17, 15) is 0 Å². The van der Waals surface area contributed by atoms with Gasteiger partial charge in [0.25, 0.3) is 0 Å². The van der Waals surface area contributed by atoms with E-state index in [4.69, 9.17) is 14.2 Å². The first-order valence-corrected chi connectivity index (χ1v) is 7.56. The smallest absolute Gasteiger partial charge is 0.184 e. The summed E-state index contributed by atoms with van der Waals surface area (Å²) in [5.41, 5.74) is 1.62. The van der Waals surface area contributed by atoms with Crippen molar-refractivity contribution in [2.24, 2.45) is 5.10 Å². The molecular weight excluding hydrogens is 320 g/mol. The van der Waals surface area contributed by atoms with Crippen molar-refractivity contribution in [1.82, 2.24) is 14.9 Å². The van der Waals surface area contributed by atoms with Crippen molar-refractivity contribution >= 4 is 6.21 Å². The third-order valence-corrected chi connectivity index (χ3v) is 3.63. The van der Waals surface area contributed by atoms with Gasteiger partial charge in [0, 0.05) is 17.7 Å². The monoisotopic (exact) mass is 338 g/mol. The standard InChI is InChI=1S/C18H18N4O3/c1-23-14-9-16(24-2)15(17(10-14)25-3)11-20-22-12-19-21-18(22)13-7-5-4-6-8-13/h4-12H,1-3H3/b20-11-. The first kappa shape index (κ1) is 16.5. The Morgan fingerprint density at radius 1 is 0.960 bits per heavy atom. The van der Waals surface area contributed by atoms with E-state index in [1.54, 1.807) is 50.7 Å². The molecular formula is C18H18N4O3. The summed E-state index contributed by atoms with van der Waals surface area (Å²) in [5, 5.41) is 12.5. The van der Waals surface area contributed by atoms with Crippen LogP contribution in [0.4, 0.5) is 0 Å². The number of ether oxygens (including phenoxy) is 3. The molecule has 0 atom stereocenters. The van der Waals surface area contributed by atoms with E-state index in [2.05, 4.69) is 15.3 Å². The fourth-order valence-electron chi connectivity index (χ4n) is 2.37. The number of aromatic nitrogens is 3. The normalized spacial score (nSPS) is 10.8. The van der Waals surface area contributed by atoms with Gasteiger partial charge in [0.1, 0.15) is 23.6 Å². The highest BCUT2D eigenvalue weighted by molar-refractivity contribution is 5.88. The maximum absolute atomic E-state index is 5.42. The van der Waals surface area contributed by atoms with Gasteiger partial charge >= 0.3 is 0 Å². The number of hydrogen-bond donors (Lipinski definition) is 0. The summed E-state index contributed by atoms with van der Waals surface area (Å²) in [6.07, 6.45) is 3.19. The first-order chi connectivity index (χ1) is 12.3. The van der Waals surface area contributed by atoms with Crippen LogP contribution in [-0.2, 0) is 0 Å². The molecule has 128 valence electrons. The minimum Gasteiger partial charge on any atom is -0.496 e. The summed E-state index contributed by atoms with van der Waals surface area (Å²) in [5.74, 6) is 2.46. The molecule has 3 rings (SSSR count). The third-order valence-electron chi connectivity index (χ3n) is 3.63. The molecule has 1 aromatic heterocycles. The summed E-state index contributed by atoms with van der Waals surface area (Å²) >= 11 is 0. The lowest BCUT2D eigenvalue weighted by atomic mass is 10.2. The van der Waals surface area contributed by atoms with Gasteiger partial charge in [-0.2, -0.15) is 9.78 Å². The molecule has 3 aromatic rings. The van der Waals surface area contributed by atoms with Crippen LogP contribution in [-0.4, -0.2) is 42.4 Å². The predicted octanol–water partition coefficient (Wildman–Crippen LogP) is 2.85. The first-order valence-electron chi connectivity index (χ1n) is 7.56. The number of hydrogen-bond acceptors (Lipinski definition) is 6. The molecule has 7 nitrogen and oxygen atoms in total. The van der Waals surface area contributed by atoms with Gasteiger partial charge in [-0.3, -0.25) is 0 Å². The Hall–Kier alpha value is -3.35. The average Bonchev–Trinajstić information content (AvgIpc) is 3.14. The van der Waals surface area contributed by atoms with Crippen LogP contribution in [0, 0.1) is 0 Å². The highest BCUT2D eigenvalue weighted by Gasteiger charge is 2.12. The van der Waals surface area contributed by atoms with Crippen molar-refractivity contribution in [1.29, 1.82) is 0 Å². The fourth-order valence-corrected chi connectivity index (χ4v) is 2.37. The van der Waals surface area contributed by atoms with E-state index in [0.717, 1.165) is 5.56 Å². The van der Waals surface area contributed by atoms with Crippen LogP contribution >= 0.6 is 0 Å². The van der Waals surface area contributed by atoms with Gasteiger partial charge in [-0.15, -0.1) is 10.2 Å². The quantitative estimate of drug-likeness (QED) is 0.646. The maximum Gasteiger partial charge on any atom is 0.184 e. The van der Waals surface area contributed by atoms with Crippen LogP contribution in [0.2, 0.25) is 0 Å². The number of rotatable bonds is 6. The molecule has 0 N–H and O–H groups in total.